The van der Waals surface area contributed by atoms with E-state index in [-0.39, 0.29) is 18.7 Å². The molecule has 10 heteroatoms. The molecule has 0 radical (unpaired) electrons. The summed E-state index contributed by atoms with van der Waals surface area (Å²) in [6, 6.07) is 16.7. The highest BCUT2D eigenvalue weighted by molar-refractivity contribution is 5.91. The van der Waals surface area contributed by atoms with Crippen molar-refractivity contribution in [2.45, 2.75) is 51.5 Å². The topological polar surface area (TPSA) is 68.3 Å². The molecular formula is C31H33F3N2O5. The van der Waals surface area contributed by atoms with Crippen molar-refractivity contribution in [1.29, 1.82) is 0 Å². The zero-order valence-electron chi connectivity index (χ0n) is 23.4. The van der Waals surface area contributed by atoms with E-state index in [1.165, 1.54) is 37.3 Å². The quantitative estimate of drug-likeness (QED) is 0.298. The Morgan fingerprint density at radius 1 is 0.976 bits per heavy atom. The number of ether oxygens (including phenoxy) is 3. The molecule has 7 nitrogen and oxygen atoms in total. The van der Waals surface area contributed by atoms with Crippen LogP contribution >= 0.6 is 0 Å². The number of carbonyl (C=O) groups excluding carboxylic acids is 2. The summed E-state index contributed by atoms with van der Waals surface area (Å²) in [6.45, 7) is 3.88. The molecule has 0 saturated heterocycles. The Hall–Kier alpha value is -4.21. The molecule has 1 heterocycles. The molecule has 0 saturated carbocycles. The first-order chi connectivity index (χ1) is 19.6. The average Bonchev–Trinajstić information content (AvgIpc) is 2.95. The smallest absolute Gasteiger partial charge is 0.416 e. The van der Waals surface area contributed by atoms with E-state index in [0.29, 0.717) is 29.2 Å². The molecule has 1 aliphatic heterocycles. The van der Waals surface area contributed by atoms with Gasteiger partial charge in [-0.25, -0.2) is 4.79 Å². The third kappa shape index (κ3) is 6.42. The molecule has 3 aromatic carbocycles. The van der Waals surface area contributed by atoms with E-state index in [1.807, 2.05) is 37.3 Å². The monoisotopic (exact) mass is 570 g/mol. The lowest BCUT2D eigenvalue weighted by atomic mass is 9.89. The van der Waals surface area contributed by atoms with Gasteiger partial charge in [0.15, 0.2) is 11.5 Å². The van der Waals surface area contributed by atoms with Gasteiger partial charge in [-0.1, -0.05) is 48.5 Å². The van der Waals surface area contributed by atoms with Crippen molar-refractivity contribution < 1.29 is 37.0 Å². The first-order valence-electron chi connectivity index (χ1n) is 13.3. The molecule has 0 aromatic heterocycles. The van der Waals surface area contributed by atoms with Gasteiger partial charge in [0.1, 0.15) is 0 Å². The van der Waals surface area contributed by atoms with E-state index >= 15 is 0 Å². The van der Waals surface area contributed by atoms with Crippen LogP contribution < -0.4 is 14.4 Å². The summed E-state index contributed by atoms with van der Waals surface area (Å²) in [6.07, 6.45) is -5.28. The number of rotatable bonds is 8. The molecule has 0 N–H and O–H groups in total. The van der Waals surface area contributed by atoms with Crippen molar-refractivity contribution in [1.82, 2.24) is 4.90 Å². The van der Waals surface area contributed by atoms with Crippen molar-refractivity contribution >= 4 is 17.7 Å². The standard InChI is InChI=1S/C31H33F3N2O5/c1-5-41-30(38)36-20(2)15-25(23-17-27(39-3)28(40-4)18-26(23)36)35(19-21-11-7-6-8-12-21)29(37)16-22-13-9-10-14-24(22)31(32,33)34/h6-14,17-18,20,25H,5,15-16,19H2,1-4H3. The van der Waals surface area contributed by atoms with Crippen molar-refractivity contribution in [2.24, 2.45) is 0 Å². The molecule has 1 aliphatic rings. The van der Waals surface area contributed by atoms with Gasteiger partial charge in [0, 0.05) is 24.2 Å². The molecule has 0 fully saturated rings. The lowest BCUT2D eigenvalue weighted by molar-refractivity contribution is -0.139. The number of carbonyl (C=O) groups is 2. The molecule has 0 aliphatic carbocycles. The second-order valence-corrected chi connectivity index (χ2v) is 9.77. The van der Waals surface area contributed by atoms with Crippen molar-refractivity contribution in [3.63, 3.8) is 0 Å². The third-order valence-electron chi connectivity index (χ3n) is 7.18. The predicted octanol–water partition coefficient (Wildman–Crippen LogP) is 6.79. The number of anilines is 1. The van der Waals surface area contributed by atoms with Crippen LogP contribution in [0.2, 0.25) is 0 Å². The Kier molecular flexibility index (Phi) is 9.10. The maximum atomic E-state index is 14.0. The SMILES string of the molecule is CCOC(=O)N1c2cc(OC)c(OC)cc2C(N(Cc2ccccc2)C(=O)Cc2ccccc2C(F)(F)F)CC1C. The summed E-state index contributed by atoms with van der Waals surface area (Å²) in [7, 11) is 2.96. The Labute approximate surface area is 237 Å². The summed E-state index contributed by atoms with van der Waals surface area (Å²) in [5.41, 5.74) is 0.943. The van der Waals surface area contributed by atoms with E-state index in [1.54, 1.807) is 24.0 Å². The Morgan fingerprint density at radius 2 is 1.61 bits per heavy atom. The van der Waals surface area contributed by atoms with Crippen LogP contribution in [0, 0.1) is 0 Å². The number of halogens is 3. The van der Waals surface area contributed by atoms with E-state index in [9.17, 15) is 22.8 Å². The van der Waals surface area contributed by atoms with Crippen LogP contribution in [0.15, 0.2) is 66.7 Å². The van der Waals surface area contributed by atoms with Crippen LogP contribution in [-0.4, -0.2) is 43.8 Å². The molecule has 2 unspecified atom stereocenters. The number of alkyl halides is 3. The fraction of sp³-hybridized carbons (Fsp3) is 0.355. The molecule has 0 bridgehead atoms. The van der Waals surface area contributed by atoms with Gasteiger partial charge in [-0.2, -0.15) is 13.2 Å². The lowest BCUT2D eigenvalue weighted by Crippen LogP contribution is -2.48. The second-order valence-electron chi connectivity index (χ2n) is 9.77. The molecule has 2 amide bonds. The van der Waals surface area contributed by atoms with Crippen LogP contribution in [-0.2, 0) is 28.7 Å². The van der Waals surface area contributed by atoms with Gasteiger partial charge in [0.2, 0.25) is 5.91 Å². The summed E-state index contributed by atoms with van der Waals surface area (Å²) < 4.78 is 57.7. The van der Waals surface area contributed by atoms with Crippen LogP contribution in [0.25, 0.3) is 0 Å². The van der Waals surface area contributed by atoms with Crippen LogP contribution in [0.1, 0.15) is 48.6 Å². The number of fused-ring (bicyclic) bond motifs is 1. The highest BCUT2D eigenvalue weighted by Gasteiger charge is 2.40. The van der Waals surface area contributed by atoms with Gasteiger partial charge in [-0.15, -0.1) is 0 Å². The maximum absolute atomic E-state index is 14.0. The van der Waals surface area contributed by atoms with Gasteiger partial charge < -0.3 is 19.1 Å². The molecule has 4 rings (SSSR count). The fourth-order valence-electron chi connectivity index (χ4n) is 5.29. The minimum Gasteiger partial charge on any atom is -0.493 e. The molecule has 0 spiro atoms. The molecule has 2 atom stereocenters. The van der Waals surface area contributed by atoms with Crippen LogP contribution in [0.5, 0.6) is 11.5 Å². The van der Waals surface area contributed by atoms with Gasteiger partial charge in [0.05, 0.1) is 44.5 Å². The highest BCUT2D eigenvalue weighted by Crippen LogP contribution is 2.46. The summed E-state index contributed by atoms with van der Waals surface area (Å²) in [5.74, 6) is 0.297. The van der Waals surface area contributed by atoms with Gasteiger partial charge >= 0.3 is 12.3 Å². The first-order valence-corrected chi connectivity index (χ1v) is 13.3. The minimum atomic E-state index is -4.60. The zero-order valence-corrected chi connectivity index (χ0v) is 23.4. The minimum absolute atomic E-state index is 0.104. The maximum Gasteiger partial charge on any atom is 0.416 e. The number of amides is 2. The number of benzene rings is 3. The molecule has 3 aromatic rings. The van der Waals surface area contributed by atoms with Gasteiger partial charge in [0.25, 0.3) is 0 Å². The van der Waals surface area contributed by atoms with Crippen molar-refractivity contribution in [2.75, 3.05) is 25.7 Å². The van der Waals surface area contributed by atoms with E-state index in [0.717, 1.165) is 11.6 Å². The molecule has 218 valence electrons. The molecular weight excluding hydrogens is 537 g/mol. The van der Waals surface area contributed by atoms with Gasteiger partial charge in [-0.3, -0.25) is 9.69 Å². The largest absolute Gasteiger partial charge is 0.493 e. The first kappa shape index (κ1) is 29.8. The lowest BCUT2D eigenvalue weighted by Gasteiger charge is -2.43. The van der Waals surface area contributed by atoms with Crippen LogP contribution in [0.3, 0.4) is 0 Å². The van der Waals surface area contributed by atoms with E-state index in [2.05, 4.69) is 0 Å². The molecule has 41 heavy (non-hydrogen) atoms. The van der Waals surface area contributed by atoms with Crippen molar-refractivity contribution in [3.05, 3.63) is 89.0 Å². The number of hydrogen-bond acceptors (Lipinski definition) is 5. The fourth-order valence-corrected chi connectivity index (χ4v) is 5.29. The predicted molar refractivity (Wildman–Crippen MR) is 148 cm³/mol. The van der Waals surface area contributed by atoms with Gasteiger partial charge in [-0.05, 0) is 43.5 Å². The Morgan fingerprint density at radius 3 is 2.24 bits per heavy atom. The number of methoxy groups -OCH3 is 2. The second kappa shape index (κ2) is 12.5. The summed E-state index contributed by atoms with van der Waals surface area (Å²) in [5, 5.41) is 0. The number of hydrogen-bond donors (Lipinski definition) is 0. The number of nitrogens with zero attached hydrogens (tertiary/aromatic N) is 2. The highest BCUT2D eigenvalue weighted by atomic mass is 19.4. The summed E-state index contributed by atoms with van der Waals surface area (Å²) >= 11 is 0. The third-order valence-corrected chi connectivity index (χ3v) is 7.18. The van der Waals surface area contributed by atoms with E-state index in [4.69, 9.17) is 14.2 Å². The average molecular weight is 571 g/mol. The Bertz CT molecular complexity index is 1380. The summed E-state index contributed by atoms with van der Waals surface area (Å²) in [4.78, 5) is 30.2. The van der Waals surface area contributed by atoms with Crippen LogP contribution in [0.4, 0.5) is 23.7 Å². The van der Waals surface area contributed by atoms with Crippen molar-refractivity contribution in [3.8, 4) is 11.5 Å². The Balaban J connectivity index is 1.84. The zero-order chi connectivity index (χ0) is 29.7. The normalized spacial score (nSPS) is 16.5. The van der Waals surface area contributed by atoms with E-state index < -0.39 is 42.2 Å².